The highest BCUT2D eigenvalue weighted by Crippen LogP contribution is 2.33. The van der Waals surface area contributed by atoms with Crippen LogP contribution in [0.1, 0.15) is 18.4 Å². The van der Waals surface area contributed by atoms with E-state index in [9.17, 15) is 0 Å². The Morgan fingerprint density at radius 1 is 1.50 bits per heavy atom. The van der Waals surface area contributed by atoms with Crippen LogP contribution < -0.4 is 5.32 Å². The van der Waals surface area contributed by atoms with Crippen molar-refractivity contribution >= 4 is 53.0 Å². The summed E-state index contributed by atoms with van der Waals surface area (Å²) >= 11 is 3.68. The third-order valence-corrected chi connectivity index (χ3v) is 6.13. The van der Waals surface area contributed by atoms with Crippen LogP contribution in [0.5, 0.6) is 0 Å². The number of halogens is 1. The van der Waals surface area contributed by atoms with Gasteiger partial charge < -0.3 is 15.0 Å². The van der Waals surface area contributed by atoms with Crippen molar-refractivity contribution in [3.05, 3.63) is 22.4 Å². The Labute approximate surface area is 159 Å². The molecular formula is C15H26IN3OS2. The van der Waals surface area contributed by atoms with E-state index in [4.69, 9.17) is 4.74 Å². The summed E-state index contributed by atoms with van der Waals surface area (Å²) in [7, 11) is 3.94. The molecule has 0 aromatic carbocycles. The van der Waals surface area contributed by atoms with Crippen LogP contribution in [0, 0.1) is 0 Å². The van der Waals surface area contributed by atoms with Gasteiger partial charge in [0.1, 0.15) is 0 Å². The van der Waals surface area contributed by atoms with Gasteiger partial charge in [-0.05, 0) is 41.5 Å². The lowest BCUT2D eigenvalue weighted by atomic mass is 9.99. The molecule has 2 rings (SSSR count). The van der Waals surface area contributed by atoms with Crippen molar-refractivity contribution in [2.45, 2.75) is 24.1 Å². The van der Waals surface area contributed by atoms with Gasteiger partial charge in [0.05, 0.1) is 0 Å². The first-order valence-electron chi connectivity index (χ1n) is 7.25. The second-order valence-electron chi connectivity index (χ2n) is 5.39. The Morgan fingerprint density at radius 3 is 2.77 bits per heavy atom. The molecule has 0 aliphatic carbocycles. The first kappa shape index (κ1) is 20.1. The van der Waals surface area contributed by atoms with Crippen molar-refractivity contribution in [3.63, 3.8) is 0 Å². The molecular weight excluding hydrogens is 429 g/mol. The summed E-state index contributed by atoms with van der Waals surface area (Å²) in [5.74, 6) is 0.959. The monoisotopic (exact) mass is 455 g/mol. The van der Waals surface area contributed by atoms with Gasteiger partial charge in [0.2, 0.25) is 0 Å². The summed E-state index contributed by atoms with van der Waals surface area (Å²) in [6, 6.07) is 2.16. The molecule has 0 amide bonds. The van der Waals surface area contributed by atoms with E-state index < -0.39 is 0 Å². The van der Waals surface area contributed by atoms with E-state index in [1.807, 2.05) is 18.8 Å². The quantitative estimate of drug-likeness (QED) is 0.420. The predicted molar refractivity (Wildman–Crippen MR) is 109 cm³/mol. The normalized spacial score (nSPS) is 17.7. The van der Waals surface area contributed by atoms with Crippen LogP contribution in [0.15, 0.2) is 21.8 Å². The molecule has 0 radical (unpaired) electrons. The molecule has 2 heterocycles. The van der Waals surface area contributed by atoms with Gasteiger partial charge in [-0.15, -0.1) is 24.0 Å². The minimum atomic E-state index is 0. The van der Waals surface area contributed by atoms with Crippen LogP contribution in [0.25, 0.3) is 0 Å². The second-order valence-corrected chi connectivity index (χ2v) is 7.44. The SMILES string of the molecule is CN=C(NCC1(SC)CCOCC1)N(C)Cc1ccsc1.I. The van der Waals surface area contributed by atoms with Crippen LogP contribution >= 0.6 is 47.1 Å². The summed E-state index contributed by atoms with van der Waals surface area (Å²) in [6.07, 6.45) is 4.41. The fourth-order valence-corrected chi connectivity index (χ4v) is 4.00. The molecule has 1 aliphatic rings. The molecule has 1 aliphatic heterocycles. The van der Waals surface area contributed by atoms with Crippen molar-refractivity contribution in [1.29, 1.82) is 0 Å². The highest BCUT2D eigenvalue weighted by atomic mass is 127. The third kappa shape index (κ3) is 5.58. The Morgan fingerprint density at radius 2 is 2.23 bits per heavy atom. The smallest absolute Gasteiger partial charge is 0.193 e. The van der Waals surface area contributed by atoms with Crippen molar-refractivity contribution in [1.82, 2.24) is 10.2 Å². The Bertz CT molecular complexity index is 448. The van der Waals surface area contributed by atoms with Gasteiger partial charge in [-0.25, -0.2) is 0 Å². The van der Waals surface area contributed by atoms with E-state index in [1.54, 1.807) is 11.3 Å². The standard InChI is InChI=1S/C15H25N3OS2.HI/c1-16-14(18(2)10-13-4-9-21-11-13)17-12-15(20-3)5-7-19-8-6-15;/h4,9,11H,5-8,10,12H2,1-3H3,(H,16,17);1H. The van der Waals surface area contributed by atoms with Crippen molar-refractivity contribution in [3.8, 4) is 0 Å². The fourth-order valence-electron chi connectivity index (χ4n) is 2.55. The maximum atomic E-state index is 5.50. The van der Waals surface area contributed by atoms with E-state index >= 15 is 0 Å². The first-order chi connectivity index (χ1) is 10.2. The molecule has 7 heteroatoms. The highest BCUT2D eigenvalue weighted by Gasteiger charge is 2.32. The van der Waals surface area contributed by atoms with Crippen LogP contribution in [0.4, 0.5) is 0 Å². The van der Waals surface area contributed by atoms with Gasteiger partial charge in [-0.3, -0.25) is 4.99 Å². The van der Waals surface area contributed by atoms with Gasteiger partial charge in [0, 0.05) is 45.1 Å². The minimum absolute atomic E-state index is 0. The zero-order valence-corrected chi connectivity index (χ0v) is 17.5. The Hall–Kier alpha value is 0.01000. The van der Waals surface area contributed by atoms with Crippen LogP contribution in [-0.2, 0) is 11.3 Å². The van der Waals surface area contributed by atoms with Crippen LogP contribution in [0.3, 0.4) is 0 Å². The Balaban J connectivity index is 0.00000242. The van der Waals surface area contributed by atoms with Gasteiger partial charge in [0.15, 0.2) is 5.96 Å². The number of rotatable bonds is 5. The average Bonchev–Trinajstić information content (AvgIpc) is 3.01. The number of thioether (sulfide) groups is 1. The molecule has 0 atom stereocenters. The molecule has 0 bridgehead atoms. The molecule has 1 aromatic heterocycles. The largest absolute Gasteiger partial charge is 0.381 e. The maximum absolute atomic E-state index is 5.50. The third-order valence-electron chi connectivity index (χ3n) is 3.98. The lowest BCUT2D eigenvalue weighted by molar-refractivity contribution is 0.0781. The van der Waals surface area contributed by atoms with Gasteiger partial charge in [-0.2, -0.15) is 23.1 Å². The van der Waals surface area contributed by atoms with E-state index in [1.165, 1.54) is 5.56 Å². The molecule has 22 heavy (non-hydrogen) atoms. The number of nitrogens with one attached hydrogen (secondary N) is 1. The molecule has 0 spiro atoms. The lowest BCUT2D eigenvalue weighted by Crippen LogP contribution is -2.48. The second kappa shape index (κ2) is 10.00. The molecule has 1 aromatic rings. The summed E-state index contributed by atoms with van der Waals surface area (Å²) in [5.41, 5.74) is 1.33. The number of nitrogens with zero attached hydrogens (tertiary/aromatic N) is 2. The van der Waals surface area contributed by atoms with Gasteiger partial charge in [0.25, 0.3) is 0 Å². The maximum Gasteiger partial charge on any atom is 0.193 e. The van der Waals surface area contributed by atoms with E-state index in [2.05, 4.69) is 45.3 Å². The number of hydrogen-bond acceptors (Lipinski definition) is 4. The number of aliphatic imine (C=N–C) groups is 1. The van der Waals surface area contributed by atoms with E-state index in [-0.39, 0.29) is 28.7 Å². The van der Waals surface area contributed by atoms with Gasteiger partial charge in [-0.1, -0.05) is 0 Å². The minimum Gasteiger partial charge on any atom is -0.381 e. The molecule has 1 saturated heterocycles. The van der Waals surface area contributed by atoms with E-state index in [0.717, 1.165) is 45.1 Å². The highest BCUT2D eigenvalue weighted by molar-refractivity contribution is 14.0. The van der Waals surface area contributed by atoms with Crippen LogP contribution in [0.2, 0.25) is 0 Å². The molecule has 126 valence electrons. The summed E-state index contributed by atoms with van der Waals surface area (Å²) in [5, 5.41) is 7.85. The molecule has 1 N–H and O–H groups in total. The predicted octanol–water partition coefficient (Wildman–Crippen LogP) is 3.29. The molecule has 0 unspecified atom stereocenters. The molecule has 1 fully saturated rings. The number of thiophene rings is 1. The molecule has 4 nitrogen and oxygen atoms in total. The number of guanidine groups is 1. The topological polar surface area (TPSA) is 36.9 Å². The number of hydrogen-bond donors (Lipinski definition) is 1. The van der Waals surface area contributed by atoms with E-state index in [0.29, 0.717) is 0 Å². The Kier molecular flexibility index (Phi) is 9.11. The van der Waals surface area contributed by atoms with Crippen molar-refractivity contribution in [2.75, 3.05) is 40.1 Å². The lowest BCUT2D eigenvalue weighted by Gasteiger charge is -2.36. The van der Waals surface area contributed by atoms with Gasteiger partial charge >= 0.3 is 0 Å². The zero-order valence-electron chi connectivity index (χ0n) is 13.5. The van der Waals surface area contributed by atoms with Crippen LogP contribution in [-0.4, -0.2) is 55.7 Å². The summed E-state index contributed by atoms with van der Waals surface area (Å²) < 4.78 is 5.77. The summed E-state index contributed by atoms with van der Waals surface area (Å²) in [6.45, 7) is 3.56. The zero-order chi connectivity index (χ0) is 15.1. The first-order valence-corrected chi connectivity index (χ1v) is 9.42. The summed E-state index contributed by atoms with van der Waals surface area (Å²) in [4.78, 5) is 6.59. The number of ether oxygens (including phenoxy) is 1. The van der Waals surface area contributed by atoms with Crippen molar-refractivity contribution in [2.24, 2.45) is 4.99 Å². The average molecular weight is 455 g/mol. The molecule has 0 saturated carbocycles. The van der Waals surface area contributed by atoms with Crippen molar-refractivity contribution < 1.29 is 4.74 Å². The fraction of sp³-hybridized carbons (Fsp3) is 0.667.